The first kappa shape index (κ1) is 11.8. The Morgan fingerprint density at radius 1 is 1.28 bits per heavy atom. The summed E-state index contributed by atoms with van der Waals surface area (Å²) in [5, 5.41) is 11.5. The van der Waals surface area contributed by atoms with E-state index in [2.05, 4.69) is 4.98 Å². The van der Waals surface area contributed by atoms with Crippen molar-refractivity contribution in [2.45, 2.75) is 18.8 Å². The normalized spacial score (nSPS) is 17.2. The van der Waals surface area contributed by atoms with E-state index in [4.69, 9.17) is 16.3 Å². The number of aromatic hydroxyl groups is 1. The van der Waals surface area contributed by atoms with E-state index in [9.17, 15) is 5.11 Å². The maximum atomic E-state index is 10.1. The van der Waals surface area contributed by atoms with Crippen molar-refractivity contribution in [2.24, 2.45) is 0 Å². The Hall–Kier alpha value is -1.32. The quantitative estimate of drug-likeness (QED) is 0.856. The third-order valence-corrected chi connectivity index (χ3v) is 3.75. The Morgan fingerprint density at radius 2 is 2.06 bits per heavy atom. The molecule has 0 aliphatic carbocycles. The first-order chi connectivity index (χ1) is 8.75. The summed E-state index contributed by atoms with van der Waals surface area (Å²) in [5.74, 6) is 0.518. The Kier molecular flexibility index (Phi) is 3.10. The molecule has 1 aromatic carbocycles. The van der Waals surface area contributed by atoms with Crippen molar-refractivity contribution >= 4 is 22.5 Å². The molecule has 0 spiro atoms. The molecule has 1 fully saturated rings. The van der Waals surface area contributed by atoms with Crippen LogP contribution in [-0.2, 0) is 4.74 Å². The molecular formula is C14H14ClNO2. The first-order valence-electron chi connectivity index (χ1n) is 6.11. The standard InChI is InChI=1S/C14H14ClNO2/c15-11-2-1-3-12-10(11)8-13(17)14(16-12)9-4-6-18-7-5-9/h1-3,8-9,17H,4-7H2. The van der Waals surface area contributed by atoms with Crippen molar-refractivity contribution in [3.8, 4) is 5.75 Å². The Balaban J connectivity index is 2.09. The van der Waals surface area contributed by atoms with Gasteiger partial charge >= 0.3 is 0 Å². The van der Waals surface area contributed by atoms with Crippen LogP contribution in [0.3, 0.4) is 0 Å². The number of pyridine rings is 1. The first-order valence-corrected chi connectivity index (χ1v) is 6.49. The summed E-state index contributed by atoms with van der Waals surface area (Å²) in [7, 11) is 0. The Labute approximate surface area is 110 Å². The highest BCUT2D eigenvalue weighted by Crippen LogP contribution is 2.35. The van der Waals surface area contributed by atoms with E-state index in [1.54, 1.807) is 12.1 Å². The molecule has 0 saturated carbocycles. The van der Waals surface area contributed by atoms with Crippen molar-refractivity contribution < 1.29 is 9.84 Å². The van der Waals surface area contributed by atoms with E-state index in [0.29, 0.717) is 5.02 Å². The number of halogens is 1. The minimum atomic E-state index is 0.238. The SMILES string of the molecule is Oc1cc2c(Cl)cccc2nc1C1CCOCC1. The predicted molar refractivity (Wildman–Crippen MR) is 71.2 cm³/mol. The highest BCUT2D eigenvalue weighted by atomic mass is 35.5. The molecule has 1 N–H and O–H groups in total. The van der Waals surface area contributed by atoms with E-state index >= 15 is 0 Å². The van der Waals surface area contributed by atoms with Crippen LogP contribution in [0, 0.1) is 0 Å². The van der Waals surface area contributed by atoms with Crippen LogP contribution >= 0.6 is 11.6 Å². The molecule has 0 amide bonds. The predicted octanol–water partition coefficient (Wildman–Crippen LogP) is 3.49. The lowest BCUT2D eigenvalue weighted by Gasteiger charge is -2.22. The molecule has 0 atom stereocenters. The van der Waals surface area contributed by atoms with E-state index in [1.807, 2.05) is 12.1 Å². The number of nitrogens with zero attached hydrogens (tertiary/aromatic N) is 1. The zero-order valence-electron chi connectivity index (χ0n) is 9.90. The summed E-state index contributed by atoms with van der Waals surface area (Å²) in [6, 6.07) is 7.32. The molecule has 0 radical (unpaired) electrons. The minimum absolute atomic E-state index is 0.238. The summed E-state index contributed by atoms with van der Waals surface area (Å²) in [6.45, 7) is 1.47. The summed E-state index contributed by atoms with van der Waals surface area (Å²) in [4.78, 5) is 4.57. The molecule has 0 unspecified atom stereocenters. The summed E-state index contributed by atoms with van der Waals surface area (Å²) >= 11 is 6.10. The Morgan fingerprint density at radius 3 is 2.83 bits per heavy atom. The van der Waals surface area contributed by atoms with Crippen LogP contribution in [0.1, 0.15) is 24.5 Å². The number of rotatable bonds is 1. The number of hydrogen-bond acceptors (Lipinski definition) is 3. The van der Waals surface area contributed by atoms with Crippen LogP contribution in [0.25, 0.3) is 10.9 Å². The van der Waals surface area contributed by atoms with Gasteiger partial charge in [0.1, 0.15) is 5.75 Å². The average molecular weight is 264 g/mol. The molecule has 1 saturated heterocycles. The summed E-state index contributed by atoms with van der Waals surface area (Å²) in [5.41, 5.74) is 1.61. The maximum Gasteiger partial charge on any atom is 0.138 e. The van der Waals surface area contributed by atoms with Gasteiger partial charge in [0.2, 0.25) is 0 Å². The van der Waals surface area contributed by atoms with Gasteiger partial charge in [-0.15, -0.1) is 0 Å². The van der Waals surface area contributed by atoms with Crippen molar-refractivity contribution in [3.63, 3.8) is 0 Å². The van der Waals surface area contributed by atoms with Gasteiger partial charge in [0.15, 0.2) is 0 Å². The number of aromatic nitrogens is 1. The van der Waals surface area contributed by atoms with Gasteiger partial charge in [-0.05, 0) is 31.0 Å². The van der Waals surface area contributed by atoms with Crippen LogP contribution in [0.15, 0.2) is 24.3 Å². The van der Waals surface area contributed by atoms with Gasteiger partial charge in [-0.25, -0.2) is 4.98 Å². The lowest BCUT2D eigenvalue weighted by Crippen LogP contribution is -2.15. The lowest BCUT2D eigenvalue weighted by molar-refractivity contribution is 0.0840. The van der Waals surface area contributed by atoms with Crippen LogP contribution in [-0.4, -0.2) is 23.3 Å². The van der Waals surface area contributed by atoms with Gasteiger partial charge in [0.25, 0.3) is 0 Å². The smallest absolute Gasteiger partial charge is 0.138 e. The summed E-state index contributed by atoms with van der Waals surface area (Å²) < 4.78 is 5.34. The molecule has 0 bridgehead atoms. The van der Waals surface area contributed by atoms with Gasteiger partial charge in [-0.1, -0.05) is 17.7 Å². The van der Waals surface area contributed by atoms with Crippen molar-refractivity contribution in [2.75, 3.05) is 13.2 Å². The third kappa shape index (κ3) is 2.04. The van der Waals surface area contributed by atoms with Gasteiger partial charge in [-0.3, -0.25) is 0 Å². The fraction of sp³-hybridized carbons (Fsp3) is 0.357. The fourth-order valence-electron chi connectivity index (χ4n) is 2.44. The zero-order valence-corrected chi connectivity index (χ0v) is 10.7. The molecule has 2 aromatic rings. The molecule has 94 valence electrons. The molecule has 18 heavy (non-hydrogen) atoms. The minimum Gasteiger partial charge on any atom is -0.506 e. The third-order valence-electron chi connectivity index (χ3n) is 3.42. The number of fused-ring (bicyclic) bond motifs is 1. The average Bonchev–Trinajstić information content (AvgIpc) is 2.40. The van der Waals surface area contributed by atoms with Crippen molar-refractivity contribution in [3.05, 3.63) is 35.0 Å². The number of ether oxygens (including phenoxy) is 1. The monoisotopic (exact) mass is 263 g/mol. The van der Waals surface area contributed by atoms with Gasteiger partial charge in [-0.2, -0.15) is 0 Å². The second-order valence-corrected chi connectivity index (χ2v) is 4.99. The number of benzene rings is 1. The van der Waals surface area contributed by atoms with Crippen LogP contribution < -0.4 is 0 Å². The van der Waals surface area contributed by atoms with Crippen LogP contribution in [0.5, 0.6) is 5.75 Å². The van der Waals surface area contributed by atoms with Crippen LogP contribution in [0.2, 0.25) is 5.02 Å². The second kappa shape index (κ2) is 4.75. The van der Waals surface area contributed by atoms with Gasteiger partial charge in [0, 0.05) is 24.5 Å². The highest BCUT2D eigenvalue weighted by molar-refractivity contribution is 6.35. The maximum absolute atomic E-state index is 10.1. The van der Waals surface area contributed by atoms with E-state index < -0.39 is 0 Å². The topological polar surface area (TPSA) is 42.4 Å². The zero-order chi connectivity index (χ0) is 12.5. The number of hydrogen-bond donors (Lipinski definition) is 1. The fourth-order valence-corrected chi connectivity index (χ4v) is 2.66. The molecule has 3 nitrogen and oxygen atoms in total. The molecule has 1 aliphatic heterocycles. The molecule has 4 heteroatoms. The van der Waals surface area contributed by atoms with Gasteiger partial charge in [0.05, 0.1) is 16.2 Å². The van der Waals surface area contributed by atoms with Crippen molar-refractivity contribution in [1.82, 2.24) is 4.98 Å². The van der Waals surface area contributed by atoms with E-state index in [0.717, 1.165) is 42.7 Å². The highest BCUT2D eigenvalue weighted by Gasteiger charge is 2.21. The van der Waals surface area contributed by atoms with Crippen LogP contribution in [0.4, 0.5) is 0 Å². The lowest BCUT2D eigenvalue weighted by atomic mass is 9.95. The molecule has 2 heterocycles. The molecule has 3 rings (SSSR count). The Bertz CT molecular complexity index is 579. The van der Waals surface area contributed by atoms with Gasteiger partial charge < -0.3 is 9.84 Å². The molecular weight excluding hydrogens is 250 g/mol. The largest absolute Gasteiger partial charge is 0.506 e. The molecule has 1 aliphatic rings. The van der Waals surface area contributed by atoms with E-state index in [-0.39, 0.29) is 11.7 Å². The molecule has 1 aromatic heterocycles. The second-order valence-electron chi connectivity index (χ2n) is 4.59. The summed E-state index contributed by atoms with van der Waals surface area (Å²) in [6.07, 6.45) is 1.82. The van der Waals surface area contributed by atoms with E-state index in [1.165, 1.54) is 0 Å². The van der Waals surface area contributed by atoms with Crippen molar-refractivity contribution in [1.29, 1.82) is 0 Å².